The van der Waals surface area contributed by atoms with E-state index in [0.29, 0.717) is 24.1 Å². The van der Waals surface area contributed by atoms with Gasteiger partial charge in [-0.05, 0) is 36.6 Å². The summed E-state index contributed by atoms with van der Waals surface area (Å²) >= 11 is 0. The van der Waals surface area contributed by atoms with Gasteiger partial charge in [0.15, 0.2) is 5.78 Å². The lowest BCUT2D eigenvalue weighted by Crippen LogP contribution is -2.29. The third-order valence-corrected chi connectivity index (χ3v) is 4.10. The predicted octanol–water partition coefficient (Wildman–Crippen LogP) is 2.40. The predicted molar refractivity (Wildman–Crippen MR) is 87.9 cm³/mol. The van der Waals surface area contributed by atoms with Crippen molar-refractivity contribution in [2.24, 2.45) is 5.92 Å². The number of rotatable bonds is 2. The van der Waals surface area contributed by atoms with Crippen molar-refractivity contribution in [3.8, 4) is 6.07 Å². The minimum absolute atomic E-state index is 0.0624. The first-order valence-corrected chi connectivity index (χ1v) is 7.69. The van der Waals surface area contributed by atoms with Crippen LogP contribution in [0.15, 0.2) is 29.1 Å². The number of nitrogens with one attached hydrogen (secondary N) is 2. The van der Waals surface area contributed by atoms with Gasteiger partial charge in [-0.3, -0.25) is 14.4 Å². The molecule has 1 aliphatic carbocycles. The van der Waals surface area contributed by atoms with Gasteiger partial charge < -0.3 is 10.3 Å². The number of carbonyl (C=O) groups excluding carboxylic acids is 2. The highest BCUT2D eigenvalue weighted by atomic mass is 19.1. The third-order valence-electron chi connectivity index (χ3n) is 4.10. The lowest BCUT2D eigenvalue weighted by molar-refractivity contribution is 0.0952. The fourth-order valence-corrected chi connectivity index (χ4v) is 2.90. The molecule has 1 aliphatic rings. The number of aromatic amines is 1. The number of hydrogen-bond acceptors (Lipinski definition) is 4. The maximum atomic E-state index is 13.2. The molecule has 1 unspecified atom stereocenters. The molecule has 126 valence electrons. The average molecular weight is 339 g/mol. The van der Waals surface area contributed by atoms with Gasteiger partial charge in [-0.2, -0.15) is 5.26 Å². The number of ketones is 1. The van der Waals surface area contributed by atoms with E-state index in [1.807, 2.05) is 6.92 Å². The van der Waals surface area contributed by atoms with E-state index in [4.69, 9.17) is 5.26 Å². The van der Waals surface area contributed by atoms with Crippen LogP contribution < -0.4 is 10.9 Å². The number of hydrogen-bond donors (Lipinski definition) is 2. The number of amides is 1. The molecule has 0 bridgehead atoms. The van der Waals surface area contributed by atoms with Crippen LogP contribution in [0.1, 0.15) is 45.3 Å². The fraction of sp³-hybridized carbons (Fsp3) is 0.222. The fourth-order valence-electron chi connectivity index (χ4n) is 2.90. The van der Waals surface area contributed by atoms with E-state index < -0.39 is 17.3 Å². The van der Waals surface area contributed by atoms with Gasteiger partial charge in [0, 0.05) is 17.7 Å². The number of pyridine rings is 1. The van der Waals surface area contributed by atoms with Crippen LogP contribution in [0.4, 0.5) is 10.1 Å². The zero-order valence-electron chi connectivity index (χ0n) is 13.4. The number of carbonyl (C=O) groups is 2. The minimum Gasteiger partial charge on any atom is -0.325 e. The Bertz CT molecular complexity index is 988. The monoisotopic (exact) mass is 339 g/mol. The summed E-state index contributed by atoms with van der Waals surface area (Å²) in [4.78, 5) is 39.3. The van der Waals surface area contributed by atoms with Gasteiger partial charge in [0.05, 0.1) is 11.3 Å². The highest BCUT2D eigenvalue weighted by Crippen LogP contribution is 2.24. The maximum Gasteiger partial charge on any atom is 0.261 e. The van der Waals surface area contributed by atoms with Gasteiger partial charge in [-0.1, -0.05) is 6.92 Å². The molecule has 1 amide bonds. The van der Waals surface area contributed by atoms with Crippen LogP contribution in [0.5, 0.6) is 0 Å². The van der Waals surface area contributed by atoms with Gasteiger partial charge in [0.1, 0.15) is 17.4 Å². The summed E-state index contributed by atoms with van der Waals surface area (Å²) in [6.45, 7) is 1.91. The summed E-state index contributed by atoms with van der Waals surface area (Å²) in [6, 6.07) is 6.38. The van der Waals surface area contributed by atoms with Crippen molar-refractivity contribution in [2.45, 2.75) is 19.8 Å². The normalized spacial score (nSPS) is 16.0. The highest BCUT2D eigenvalue weighted by Gasteiger charge is 2.25. The molecule has 0 radical (unpaired) electrons. The van der Waals surface area contributed by atoms with Gasteiger partial charge >= 0.3 is 0 Å². The molecule has 0 fully saturated rings. The molecular formula is C18H14FN3O3. The van der Waals surface area contributed by atoms with Crippen LogP contribution in [0.2, 0.25) is 0 Å². The number of nitrogens with zero attached hydrogens (tertiary/aromatic N) is 1. The van der Waals surface area contributed by atoms with Gasteiger partial charge in [-0.15, -0.1) is 0 Å². The van der Waals surface area contributed by atoms with Crippen LogP contribution in [-0.2, 0) is 6.42 Å². The van der Waals surface area contributed by atoms with Crippen molar-refractivity contribution < 1.29 is 14.0 Å². The minimum atomic E-state index is -0.765. The molecule has 0 saturated heterocycles. The molecule has 6 nitrogen and oxygen atoms in total. The second-order valence-corrected chi connectivity index (χ2v) is 6.10. The summed E-state index contributed by atoms with van der Waals surface area (Å²) in [5, 5.41) is 11.4. The van der Waals surface area contributed by atoms with E-state index in [2.05, 4.69) is 10.3 Å². The molecule has 25 heavy (non-hydrogen) atoms. The van der Waals surface area contributed by atoms with Crippen LogP contribution in [-0.4, -0.2) is 16.7 Å². The number of nitriles is 1. The van der Waals surface area contributed by atoms with E-state index in [1.165, 1.54) is 12.1 Å². The van der Waals surface area contributed by atoms with E-state index in [0.717, 1.165) is 12.1 Å². The topological polar surface area (TPSA) is 103 Å². The third kappa shape index (κ3) is 3.19. The zero-order chi connectivity index (χ0) is 18.1. The van der Waals surface area contributed by atoms with Crippen molar-refractivity contribution in [3.05, 3.63) is 62.8 Å². The molecule has 1 heterocycles. The summed E-state index contributed by atoms with van der Waals surface area (Å²) in [7, 11) is 0. The standard InChI is InChI=1S/C18H14FN3O3/c1-9-4-15-12(16(23)5-9)7-13(18(25)22-15)17(24)21-14-3-2-11(19)6-10(14)8-20/h2-3,6-7,9H,4-5H2,1H3,(H,21,24)(H,22,25). The Morgan fingerprint density at radius 2 is 2.08 bits per heavy atom. The van der Waals surface area contributed by atoms with Crippen molar-refractivity contribution >= 4 is 17.4 Å². The first-order valence-electron chi connectivity index (χ1n) is 7.69. The highest BCUT2D eigenvalue weighted by molar-refractivity contribution is 6.07. The molecule has 2 N–H and O–H groups in total. The molecule has 3 rings (SSSR count). The molecule has 0 saturated carbocycles. The van der Waals surface area contributed by atoms with Crippen molar-refractivity contribution in [1.29, 1.82) is 5.26 Å². The SMILES string of the molecule is CC1CC(=O)c2cc(C(=O)Nc3ccc(F)cc3C#N)c(=O)[nH]c2C1. The number of benzene rings is 1. The first-order chi connectivity index (χ1) is 11.9. The average Bonchev–Trinajstić information content (AvgIpc) is 2.55. The molecule has 1 atom stereocenters. The Kier molecular flexibility index (Phi) is 4.19. The Labute approximate surface area is 142 Å². The van der Waals surface area contributed by atoms with E-state index in [1.54, 1.807) is 6.07 Å². The summed E-state index contributed by atoms with van der Waals surface area (Å²) in [5.74, 6) is -1.37. The summed E-state index contributed by atoms with van der Waals surface area (Å²) < 4.78 is 13.2. The van der Waals surface area contributed by atoms with Gasteiger partial charge in [0.25, 0.3) is 11.5 Å². The van der Waals surface area contributed by atoms with Gasteiger partial charge in [0.2, 0.25) is 0 Å². The number of anilines is 1. The van der Waals surface area contributed by atoms with E-state index in [-0.39, 0.29) is 28.5 Å². The molecule has 1 aromatic heterocycles. The molecule has 1 aromatic carbocycles. The maximum absolute atomic E-state index is 13.2. The summed E-state index contributed by atoms with van der Waals surface area (Å²) in [5.41, 5.74) is 0.0551. The van der Waals surface area contributed by atoms with Crippen LogP contribution >= 0.6 is 0 Å². The molecule has 7 heteroatoms. The van der Waals surface area contributed by atoms with Crippen molar-refractivity contribution in [3.63, 3.8) is 0 Å². The number of Topliss-reactive ketones (excluding diaryl/α,β-unsaturated/α-hetero) is 1. The number of H-pyrrole nitrogens is 1. The molecule has 0 spiro atoms. The largest absolute Gasteiger partial charge is 0.325 e. The van der Waals surface area contributed by atoms with Gasteiger partial charge in [-0.25, -0.2) is 4.39 Å². The molecular weight excluding hydrogens is 325 g/mol. The second-order valence-electron chi connectivity index (χ2n) is 6.10. The van der Waals surface area contributed by atoms with E-state index in [9.17, 15) is 18.8 Å². The Hall–Kier alpha value is -3.27. The van der Waals surface area contributed by atoms with E-state index >= 15 is 0 Å². The smallest absolute Gasteiger partial charge is 0.261 e. The molecule has 0 aliphatic heterocycles. The van der Waals surface area contributed by atoms with Crippen LogP contribution in [0.25, 0.3) is 0 Å². The zero-order valence-corrected chi connectivity index (χ0v) is 13.4. The summed E-state index contributed by atoms with van der Waals surface area (Å²) in [6.07, 6.45) is 0.922. The number of fused-ring (bicyclic) bond motifs is 1. The van der Waals surface area contributed by atoms with Crippen molar-refractivity contribution in [1.82, 2.24) is 4.98 Å². The number of halogens is 1. The second kappa shape index (κ2) is 6.32. The Morgan fingerprint density at radius 1 is 1.32 bits per heavy atom. The lowest BCUT2D eigenvalue weighted by atomic mass is 9.86. The van der Waals surface area contributed by atoms with Crippen LogP contribution in [0.3, 0.4) is 0 Å². The Morgan fingerprint density at radius 3 is 2.80 bits per heavy atom. The van der Waals surface area contributed by atoms with Crippen molar-refractivity contribution in [2.75, 3.05) is 5.32 Å². The Balaban J connectivity index is 1.96. The molecule has 2 aromatic rings. The van der Waals surface area contributed by atoms with Crippen LogP contribution in [0, 0.1) is 23.1 Å². The number of aromatic nitrogens is 1. The lowest BCUT2D eigenvalue weighted by Gasteiger charge is -2.20. The quantitative estimate of drug-likeness (QED) is 0.877. The first kappa shape index (κ1) is 16.6.